The van der Waals surface area contributed by atoms with E-state index < -0.39 is 4.92 Å². The van der Waals surface area contributed by atoms with Crippen molar-refractivity contribution >= 4 is 34.0 Å². The van der Waals surface area contributed by atoms with Crippen LogP contribution in [-0.4, -0.2) is 21.7 Å². The van der Waals surface area contributed by atoms with Gasteiger partial charge in [-0.25, -0.2) is 10.5 Å². The van der Waals surface area contributed by atoms with Gasteiger partial charge in [0.1, 0.15) is 0 Å². The molecule has 2 amide bonds. The second kappa shape index (κ2) is 13.2. The maximum absolute atomic E-state index is 12.2. The third kappa shape index (κ3) is 8.05. The number of carbonyl (C=O) groups is 2. The van der Waals surface area contributed by atoms with E-state index in [1.165, 1.54) is 17.4 Å². The molecule has 0 saturated heterocycles. The van der Waals surface area contributed by atoms with Crippen molar-refractivity contribution in [1.29, 1.82) is 0 Å². The summed E-state index contributed by atoms with van der Waals surface area (Å²) in [5.41, 5.74) is 4.27. The van der Waals surface area contributed by atoms with Crippen LogP contribution in [0.5, 0.6) is 0 Å². The Balaban J connectivity index is 1.28. The fourth-order valence-corrected chi connectivity index (χ4v) is 3.96. The molecule has 34 heavy (non-hydrogen) atoms. The van der Waals surface area contributed by atoms with Crippen molar-refractivity contribution in [3.63, 3.8) is 0 Å². The van der Waals surface area contributed by atoms with Gasteiger partial charge in [0.05, 0.1) is 22.8 Å². The molecule has 3 rings (SSSR count). The van der Waals surface area contributed by atoms with Crippen LogP contribution in [-0.2, 0) is 21.0 Å². The van der Waals surface area contributed by atoms with E-state index in [0.717, 1.165) is 18.4 Å². The number of nitrogens with zero attached hydrogens (tertiary/aromatic N) is 2. The van der Waals surface area contributed by atoms with Crippen LogP contribution < -0.4 is 10.8 Å². The van der Waals surface area contributed by atoms with Crippen molar-refractivity contribution in [2.24, 2.45) is 0 Å². The molecule has 9 nitrogen and oxygen atoms in total. The monoisotopic (exact) mass is 482 g/mol. The van der Waals surface area contributed by atoms with Gasteiger partial charge in [-0.3, -0.25) is 24.5 Å². The number of rotatable bonds is 13. The standard InChI is InChI=1S/C24H26N4O5S/c29-22(26-24-25-20(17-34-24)19-12-8-9-13-21(19)28(31)32)14-6-1-2-7-15-23(30)27-33-16-18-10-4-3-5-11-18/h3-5,8-13,17H,1-2,6-7,14-16H2,(H,27,30)(H,25,26,29). The molecule has 0 atom stereocenters. The third-order valence-electron chi connectivity index (χ3n) is 4.95. The molecule has 0 bridgehead atoms. The van der Waals surface area contributed by atoms with E-state index in [-0.39, 0.29) is 17.5 Å². The number of para-hydroxylation sites is 1. The summed E-state index contributed by atoms with van der Waals surface area (Å²) in [6.07, 6.45) is 3.78. The first-order chi connectivity index (χ1) is 16.5. The molecule has 3 aromatic rings. The third-order valence-corrected chi connectivity index (χ3v) is 5.71. The van der Waals surface area contributed by atoms with Gasteiger partial charge >= 0.3 is 0 Å². The molecule has 2 aromatic carbocycles. The van der Waals surface area contributed by atoms with Crippen LogP contribution in [0.1, 0.15) is 44.1 Å². The molecule has 0 saturated carbocycles. The van der Waals surface area contributed by atoms with E-state index >= 15 is 0 Å². The Bertz CT molecular complexity index is 1100. The number of aromatic nitrogens is 1. The second-order valence-corrected chi connectivity index (χ2v) is 8.43. The Labute approximate surface area is 201 Å². The van der Waals surface area contributed by atoms with E-state index in [0.29, 0.717) is 48.7 Å². The van der Waals surface area contributed by atoms with E-state index in [1.807, 2.05) is 30.3 Å². The Morgan fingerprint density at radius 1 is 0.941 bits per heavy atom. The lowest BCUT2D eigenvalue weighted by Gasteiger charge is -2.06. The first-order valence-corrected chi connectivity index (χ1v) is 11.8. The second-order valence-electron chi connectivity index (χ2n) is 7.57. The molecule has 0 aliphatic heterocycles. The number of nitro groups is 1. The summed E-state index contributed by atoms with van der Waals surface area (Å²) in [5, 5.41) is 16.0. The molecule has 0 radical (unpaired) electrons. The Morgan fingerprint density at radius 2 is 1.62 bits per heavy atom. The molecule has 10 heteroatoms. The van der Waals surface area contributed by atoms with E-state index in [4.69, 9.17) is 4.84 Å². The highest BCUT2D eigenvalue weighted by molar-refractivity contribution is 7.14. The summed E-state index contributed by atoms with van der Waals surface area (Å²) in [4.78, 5) is 44.2. The fourth-order valence-electron chi connectivity index (χ4n) is 3.24. The number of hydroxylamine groups is 1. The van der Waals surface area contributed by atoms with Crippen molar-refractivity contribution < 1.29 is 19.3 Å². The zero-order valence-corrected chi connectivity index (χ0v) is 19.4. The molecule has 0 aliphatic rings. The van der Waals surface area contributed by atoms with E-state index in [9.17, 15) is 19.7 Å². The van der Waals surface area contributed by atoms with Crippen LogP contribution in [0.15, 0.2) is 60.0 Å². The van der Waals surface area contributed by atoms with E-state index in [1.54, 1.807) is 23.6 Å². The van der Waals surface area contributed by atoms with Gasteiger partial charge in [0, 0.05) is 24.3 Å². The van der Waals surface area contributed by atoms with Gasteiger partial charge in [-0.15, -0.1) is 11.3 Å². The Hall–Kier alpha value is -3.63. The average Bonchev–Trinajstić information content (AvgIpc) is 3.30. The Kier molecular flexibility index (Phi) is 9.68. The number of thiazole rings is 1. The molecule has 1 heterocycles. The predicted molar refractivity (Wildman–Crippen MR) is 130 cm³/mol. The molecule has 0 spiro atoms. The van der Waals surface area contributed by atoms with Crippen molar-refractivity contribution in [2.75, 3.05) is 5.32 Å². The number of anilines is 1. The fraction of sp³-hybridized carbons (Fsp3) is 0.292. The number of hydrogen-bond acceptors (Lipinski definition) is 7. The highest BCUT2D eigenvalue weighted by atomic mass is 32.1. The van der Waals surface area contributed by atoms with Crippen molar-refractivity contribution in [1.82, 2.24) is 10.5 Å². The average molecular weight is 483 g/mol. The first-order valence-electron chi connectivity index (χ1n) is 11.0. The SMILES string of the molecule is O=C(CCCCCCC(=O)Nc1nc(-c2ccccc2[N+](=O)[O-])cs1)NOCc1ccccc1. The highest BCUT2D eigenvalue weighted by Crippen LogP contribution is 2.31. The van der Waals surface area contributed by atoms with Crippen molar-refractivity contribution in [2.45, 2.75) is 45.1 Å². The summed E-state index contributed by atoms with van der Waals surface area (Å²) in [6.45, 7) is 0.324. The normalized spacial score (nSPS) is 10.6. The van der Waals surface area contributed by atoms with Gasteiger partial charge in [-0.05, 0) is 24.5 Å². The minimum atomic E-state index is -0.450. The smallest absolute Gasteiger partial charge is 0.278 e. The van der Waals surface area contributed by atoms with Gasteiger partial charge < -0.3 is 5.32 Å². The number of carbonyl (C=O) groups excluding carboxylic acids is 2. The molecular formula is C24H26N4O5S. The van der Waals surface area contributed by atoms with Gasteiger partial charge in [0.15, 0.2) is 5.13 Å². The summed E-state index contributed by atoms with van der Waals surface area (Å²) in [7, 11) is 0. The predicted octanol–water partition coefficient (Wildman–Crippen LogP) is 5.25. The zero-order chi connectivity index (χ0) is 24.2. The molecule has 2 N–H and O–H groups in total. The molecule has 0 unspecified atom stereocenters. The summed E-state index contributed by atoms with van der Waals surface area (Å²) in [5.74, 6) is -0.317. The zero-order valence-electron chi connectivity index (χ0n) is 18.6. The van der Waals surface area contributed by atoms with Gasteiger partial charge in [0.25, 0.3) is 5.69 Å². The molecular weight excluding hydrogens is 456 g/mol. The first kappa shape index (κ1) is 25.0. The molecule has 0 fully saturated rings. The number of hydrogen-bond donors (Lipinski definition) is 2. The lowest BCUT2D eigenvalue weighted by molar-refractivity contribution is -0.384. The number of amides is 2. The number of benzene rings is 2. The number of nitrogens with one attached hydrogen (secondary N) is 2. The summed E-state index contributed by atoms with van der Waals surface area (Å²) < 4.78 is 0. The molecule has 0 aliphatic carbocycles. The topological polar surface area (TPSA) is 123 Å². The molecule has 178 valence electrons. The minimum Gasteiger partial charge on any atom is -0.302 e. The maximum Gasteiger partial charge on any atom is 0.278 e. The lowest BCUT2D eigenvalue weighted by atomic mass is 10.1. The van der Waals surface area contributed by atoms with Crippen LogP contribution in [0.25, 0.3) is 11.3 Å². The van der Waals surface area contributed by atoms with Crippen molar-refractivity contribution in [3.8, 4) is 11.3 Å². The van der Waals surface area contributed by atoms with Crippen LogP contribution in [0.4, 0.5) is 10.8 Å². The van der Waals surface area contributed by atoms with Gasteiger partial charge in [-0.2, -0.15) is 0 Å². The van der Waals surface area contributed by atoms with Gasteiger partial charge in [0.2, 0.25) is 11.8 Å². The summed E-state index contributed by atoms with van der Waals surface area (Å²) >= 11 is 1.23. The lowest BCUT2D eigenvalue weighted by Crippen LogP contribution is -2.23. The van der Waals surface area contributed by atoms with Crippen molar-refractivity contribution in [3.05, 3.63) is 75.7 Å². The quantitative estimate of drug-likeness (QED) is 0.195. The van der Waals surface area contributed by atoms with Crippen LogP contribution in [0, 0.1) is 10.1 Å². The van der Waals surface area contributed by atoms with Gasteiger partial charge in [-0.1, -0.05) is 55.3 Å². The largest absolute Gasteiger partial charge is 0.302 e. The number of unbranched alkanes of at least 4 members (excludes halogenated alkanes) is 3. The van der Waals surface area contributed by atoms with Crippen LogP contribution >= 0.6 is 11.3 Å². The number of nitro benzene ring substituents is 1. The summed E-state index contributed by atoms with van der Waals surface area (Å²) in [6, 6.07) is 16.0. The van der Waals surface area contributed by atoms with Crippen LogP contribution in [0.2, 0.25) is 0 Å². The highest BCUT2D eigenvalue weighted by Gasteiger charge is 2.17. The van der Waals surface area contributed by atoms with Crippen LogP contribution in [0.3, 0.4) is 0 Å². The maximum atomic E-state index is 12.2. The minimum absolute atomic E-state index is 0.0258. The molecule has 1 aromatic heterocycles. The Morgan fingerprint density at radius 3 is 2.35 bits per heavy atom. The van der Waals surface area contributed by atoms with E-state index in [2.05, 4.69) is 15.8 Å².